The highest BCUT2D eigenvalue weighted by atomic mass is 16.3. The summed E-state index contributed by atoms with van der Waals surface area (Å²) in [5.41, 5.74) is 11.5. The van der Waals surface area contributed by atoms with Crippen LogP contribution in [0.5, 0.6) is 0 Å². The Hall–Kier alpha value is -7.83. The largest absolute Gasteiger partial charge is 0.456 e. The first-order valence-corrected chi connectivity index (χ1v) is 19.0. The maximum Gasteiger partial charge on any atom is 0.164 e. The van der Waals surface area contributed by atoms with Gasteiger partial charge in [-0.25, -0.2) is 15.0 Å². The summed E-state index contributed by atoms with van der Waals surface area (Å²) in [5, 5.41) is 6.58. The Labute approximate surface area is 325 Å². The van der Waals surface area contributed by atoms with Gasteiger partial charge in [0.15, 0.2) is 17.5 Å². The van der Waals surface area contributed by atoms with Crippen molar-refractivity contribution in [3.63, 3.8) is 0 Å². The molecule has 0 aliphatic carbocycles. The lowest BCUT2D eigenvalue weighted by atomic mass is 9.96. The Morgan fingerprint density at radius 3 is 1.77 bits per heavy atom. The van der Waals surface area contributed by atoms with Crippen LogP contribution in [-0.4, -0.2) is 19.5 Å². The van der Waals surface area contributed by atoms with E-state index in [0.29, 0.717) is 17.5 Å². The molecule has 0 bridgehead atoms. The fourth-order valence-corrected chi connectivity index (χ4v) is 8.49. The van der Waals surface area contributed by atoms with Crippen LogP contribution in [-0.2, 0) is 0 Å². The van der Waals surface area contributed by atoms with Crippen LogP contribution >= 0.6 is 0 Å². The second-order valence-corrected chi connectivity index (χ2v) is 14.4. The van der Waals surface area contributed by atoms with Gasteiger partial charge in [-0.1, -0.05) is 121 Å². The normalized spacial score (nSPS) is 11.9. The lowest BCUT2D eigenvalue weighted by molar-refractivity contribution is 0.668. The van der Waals surface area contributed by atoms with E-state index in [9.17, 15) is 0 Å². The molecule has 0 saturated heterocycles. The lowest BCUT2D eigenvalue weighted by Crippen LogP contribution is -2.00. The highest BCUT2D eigenvalue weighted by Crippen LogP contribution is 2.43. The molecule has 12 rings (SSSR count). The molecule has 6 nitrogen and oxygen atoms in total. The third kappa shape index (κ3) is 4.94. The first-order chi connectivity index (χ1) is 28.2. The fraction of sp³-hybridized carbons (Fsp3) is 0. The van der Waals surface area contributed by atoms with Crippen molar-refractivity contribution in [2.75, 3.05) is 0 Å². The zero-order chi connectivity index (χ0) is 37.5. The van der Waals surface area contributed by atoms with E-state index in [1.54, 1.807) is 0 Å². The quantitative estimate of drug-likeness (QED) is 0.176. The molecular formula is C51H30N4O2. The van der Waals surface area contributed by atoms with E-state index in [0.717, 1.165) is 88.4 Å². The van der Waals surface area contributed by atoms with E-state index >= 15 is 0 Å². The molecule has 0 saturated carbocycles. The first-order valence-electron chi connectivity index (χ1n) is 19.0. The number of hydrogen-bond acceptors (Lipinski definition) is 5. The third-order valence-electron chi connectivity index (χ3n) is 11.1. The van der Waals surface area contributed by atoms with Crippen molar-refractivity contribution in [1.82, 2.24) is 19.5 Å². The maximum absolute atomic E-state index is 6.57. The van der Waals surface area contributed by atoms with Gasteiger partial charge in [-0.15, -0.1) is 0 Å². The summed E-state index contributed by atoms with van der Waals surface area (Å²) in [6, 6.07) is 62.7. The maximum atomic E-state index is 6.57. The Morgan fingerprint density at radius 2 is 0.930 bits per heavy atom. The zero-order valence-corrected chi connectivity index (χ0v) is 30.4. The van der Waals surface area contributed by atoms with Crippen LogP contribution in [0.1, 0.15) is 0 Å². The van der Waals surface area contributed by atoms with Crippen LogP contribution in [0.3, 0.4) is 0 Å². The second kappa shape index (κ2) is 12.3. The topological polar surface area (TPSA) is 69.9 Å². The van der Waals surface area contributed by atoms with Gasteiger partial charge in [0.2, 0.25) is 0 Å². The van der Waals surface area contributed by atoms with E-state index in [-0.39, 0.29) is 0 Å². The molecule has 0 unspecified atom stereocenters. The monoisotopic (exact) mass is 730 g/mol. The van der Waals surface area contributed by atoms with Crippen molar-refractivity contribution in [2.24, 2.45) is 0 Å². The number of furan rings is 2. The predicted octanol–water partition coefficient (Wildman–Crippen LogP) is 13.4. The molecule has 0 radical (unpaired) electrons. The molecule has 0 amide bonds. The molecule has 4 heterocycles. The van der Waals surface area contributed by atoms with Gasteiger partial charge >= 0.3 is 0 Å². The molecule has 8 aromatic carbocycles. The van der Waals surface area contributed by atoms with Gasteiger partial charge in [-0.05, 0) is 66.2 Å². The Balaban J connectivity index is 1.07. The second-order valence-electron chi connectivity index (χ2n) is 14.4. The molecule has 0 aliphatic rings. The average molecular weight is 731 g/mol. The molecule has 6 heteroatoms. The minimum atomic E-state index is 0.569. The molecule has 0 aliphatic heterocycles. The number of para-hydroxylation sites is 4. The predicted molar refractivity (Wildman–Crippen MR) is 230 cm³/mol. The first kappa shape index (κ1) is 31.5. The van der Waals surface area contributed by atoms with Gasteiger partial charge in [0.05, 0.1) is 11.0 Å². The number of fused-ring (bicyclic) bond motifs is 9. The lowest BCUT2D eigenvalue weighted by Gasteiger charge is -2.12. The number of nitrogens with zero attached hydrogens (tertiary/aromatic N) is 4. The zero-order valence-electron chi connectivity index (χ0n) is 30.4. The third-order valence-corrected chi connectivity index (χ3v) is 11.1. The van der Waals surface area contributed by atoms with Crippen LogP contribution in [0.25, 0.3) is 117 Å². The smallest absolute Gasteiger partial charge is 0.164 e. The van der Waals surface area contributed by atoms with Crippen molar-refractivity contribution >= 4 is 65.7 Å². The summed E-state index contributed by atoms with van der Waals surface area (Å²) in [5.74, 6) is 1.74. The molecule has 266 valence electrons. The SMILES string of the molecule is c1ccc(-c2nc(-c3ccc4c(c3)oc3ccccc34)nc(-c3ccc4oc5cccc(-c6cccc7c8ccccc8n(-c8ccccc8)c67)c5c4c3)n2)cc1. The highest BCUT2D eigenvalue weighted by Gasteiger charge is 2.21. The summed E-state index contributed by atoms with van der Waals surface area (Å²) in [6.07, 6.45) is 0. The van der Waals surface area contributed by atoms with Crippen molar-refractivity contribution in [1.29, 1.82) is 0 Å². The molecule has 0 spiro atoms. The van der Waals surface area contributed by atoms with Gasteiger partial charge in [-0.3, -0.25) is 0 Å². The van der Waals surface area contributed by atoms with Gasteiger partial charge in [0.1, 0.15) is 22.3 Å². The molecule has 0 atom stereocenters. The number of hydrogen-bond donors (Lipinski definition) is 0. The van der Waals surface area contributed by atoms with Crippen molar-refractivity contribution in [3.8, 4) is 51.0 Å². The Bertz CT molecular complexity index is 3530. The Morgan fingerprint density at radius 1 is 0.351 bits per heavy atom. The van der Waals surface area contributed by atoms with Gasteiger partial charge in [0, 0.05) is 60.3 Å². The molecule has 0 N–H and O–H groups in total. The average Bonchev–Trinajstić information content (AvgIpc) is 3.96. The number of rotatable bonds is 5. The van der Waals surface area contributed by atoms with E-state index in [1.807, 2.05) is 72.8 Å². The molecule has 12 aromatic rings. The van der Waals surface area contributed by atoms with Gasteiger partial charge in [0.25, 0.3) is 0 Å². The van der Waals surface area contributed by atoms with Gasteiger partial charge < -0.3 is 13.4 Å². The van der Waals surface area contributed by atoms with Crippen molar-refractivity contribution in [2.45, 2.75) is 0 Å². The number of benzene rings is 8. The van der Waals surface area contributed by atoms with Crippen molar-refractivity contribution < 1.29 is 8.83 Å². The van der Waals surface area contributed by atoms with Crippen LogP contribution in [0.2, 0.25) is 0 Å². The Kier molecular flexibility index (Phi) is 6.83. The van der Waals surface area contributed by atoms with E-state index in [4.69, 9.17) is 23.8 Å². The summed E-state index contributed by atoms with van der Waals surface area (Å²) in [6.45, 7) is 0. The highest BCUT2D eigenvalue weighted by molar-refractivity contribution is 6.19. The molecule has 57 heavy (non-hydrogen) atoms. The molecular weight excluding hydrogens is 701 g/mol. The van der Waals surface area contributed by atoms with Gasteiger partial charge in [-0.2, -0.15) is 0 Å². The summed E-state index contributed by atoms with van der Waals surface area (Å²) in [4.78, 5) is 15.2. The molecule has 4 aromatic heterocycles. The standard InChI is InChI=1S/C51H30N4O2/c1-3-13-31(14-4-1)49-52-50(54-51(53-49)33-25-27-37-36-18-8-10-23-43(36)57-46(37)30-33)32-26-28-44-41(29-32)47-38(19-12-24-45(47)56-44)40-21-11-20-39-35-17-7-9-22-42(35)55(48(39)40)34-15-5-2-6-16-34/h1-30H. The van der Waals surface area contributed by atoms with Crippen LogP contribution < -0.4 is 0 Å². The van der Waals surface area contributed by atoms with Crippen LogP contribution in [0.4, 0.5) is 0 Å². The summed E-state index contributed by atoms with van der Waals surface area (Å²) >= 11 is 0. The van der Waals surface area contributed by atoms with Crippen LogP contribution in [0.15, 0.2) is 191 Å². The van der Waals surface area contributed by atoms with E-state index < -0.39 is 0 Å². The number of aromatic nitrogens is 4. The van der Waals surface area contributed by atoms with Crippen molar-refractivity contribution in [3.05, 3.63) is 182 Å². The molecule has 0 fully saturated rings. The van der Waals surface area contributed by atoms with E-state index in [2.05, 4.69) is 114 Å². The summed E-state index contributed by atoms with van der Waals surface area (Å²) < 4.78 is 15.2. The minimum Gasteiger partial charge on any atom is -0.456 e. The van der Waals surface area contributed by atoms with Crippen LogP contribution in [0, 0.1) is 0 Å². The summed E-state index contributed by atoms with van der Waals surface area (Å²) in [7, 11) is 0. The van der Waals surface area contributed by atoms with E-state index in [1.165, 1.54) is 10.8 Å². The minimum absolute atomic E-state index is 0.569. The fourth-order valence-electron chi connectivity index (χ4n) is 8.49.